The van der Waals surface area contributed by atoms with E-state index in [9.17, 15) is 9.59 Å². The summed E-state index contributed by atoms with van der Waals surface area (Å²) in [6.45, 7) is 2.06. The van der Waals surface area contributed by atoms with Crippen LogP contribution in [0, 0.1) is 0 Å². The Balaban J connectivity index is 1.86. The number of anilines is 2. The maximum atomic E-state index is 12.7. The first kappa shape index (κ1) is 17.2. The molecule has 3 rings (SSSR count). The Labute approximate surface area is 150 Å². The maximum Gasteiger partial charge on any atom is 0.345 e. The van der Waals surface area contributed by atoms with Gasteiger partial charge in [-0.2, -0.15) is 0 Å². The first-order valence-electron chi connectivity index (χ1n) is 7.67. The lowest BCUT2D eigenvalue weighted by atomic mass is 10.0. The summed E-state index contributed by atoms with van der Waals surface area (Å²) >= 11 is 6.05. The highest BCUT2D eigenvalue weighted by Gasteiger charge is 2.35. The summed E-state index contributed by atoms with van der Waals surface area (Å²) in [5, 5.41) is 1.58. The van der Waals surface area contributed by atoms with Crippen molar-refractivity contribution in [3.63, 3.8) is 0 Å². The number of benzene rings is 2. The predicted octanol–water partition coefficient (Wildman–Crippen LogP) is 2.38. The van der Waals surface area contributed by atoms with Gasteiger partial charge in [-0.05, 0) is 48.4 Å². The van der Waals surface area contributed by atoms with Gasteiger partial charge in [0.1, 0.15) is 0 Å². The highest BCUT2D eigenvalue weighted by molar-refractivity contribution is 6.31. The van der Waals surface area contributed by atoms with Crippen molar-refractivity contribution in [3.05, 3.63) is 58.6 Å². The zero-order valence-corrected chi connectivity index (χ0v) is 14.3. The second-order valence-corrected chi connectivity index (χ2v) is 6.28. The Bertz CT molecular complexity index is 824. The van der Waals surface area contributed by atoms with E-state index in [-0.39, 0.29) is 18.4 Å². The molecule has 1 heterocycles. The van der Waals surface area contributed by atoms with Gasteiger partial charge in [0.2, 0.25) is 5.91 Å². The molecule has 0 saturated heterocycles. The highest BCUT2D eigenvalue weighted by atomic mass is 35.5. The molecule has 1 atom stereocenters. The number of hydrogen-bond donors (Lipinski definition) is 3. The number of rotatable bonds is 3. The van der Waals surface area contributed by atoms with E-state index in [1.165, 1.54) is 0 Å². The topological polar surface area (TPSA) is 105 Å². The molecule has 2 aromatic carbocycles. The molecule has 0 saturated carbocycles. The van der Waals surface area contributed by atoms with E-state index >= 15 is 0 Å². The Kier molecular flexibility index (Phi) is 4.63. The molecule has 0 aromatic heterocycles. The molecule has 0 spiro atoms. The molecule has 130 valence electrons. The number of nitrogens with one attached hydrogen (secondary N) is 1. The minimum atomic E-state index is -0.585. The van der Waals surface area contributed by atoms with Gasteiger partial charge < -0.3 is 0 Å². The number of carbonyl (C=O) groups is 2. The summed E-state index contributed by atoms with van der Waals surface area (Å²) in [6.07, 6.45) is 0. The first-order valence-corrected chi connectivity index (χ1v) is 8.05. The van der Waals surface area contributed by atoms with Crippen LogP contribution in [0.4, 0.5) is 16.2 Å². The number of nitrogens with zero attached hydrogens (tertiary/aromatic N) is 2. The maximum absolute atomic E-state index is 12.7. The van der Waals surface area contributed by atoms with Crippen LogP contribution < -0.4 is 22.0 Å². The Hall–Kier alpha value is -2.61. The number of urea groups is 1. The normalized spacial score (nSPS) is 15.9. The number of nitrogens with two attached hydrogens (primary N) is 2. The van der Waals surface area contributed by atoms with Gasteiger partial charge in [-0.25, -0.2) is 16.5 Å². The van der Waals surface area contributed by atoms with Crippen molar-refractivity contribution in [2.75, 3.05) is 4.90 Å². The second kappa shape index (κ2) is 6.72. The largest absolute Gasteiger partial charge is 0.345 e. The van der Waals surface area contributed by atoms with Crippen LogP contribution in [-0.2, 0) is 11.3 Å². The van der Waals surface area contributed by atoms with E-state index in [1.54, 1.807) is 11.0 Å². The van der Waals surface area contributed by atoms with Crippen LogP contribution >= 0.6 is 11.6 Å². The van der Waals surface area contributed by atoms with Crippen LogP contribution in [0.3, 0.4) is 0 Å². The van der Waals surface area contributed by atoms with Gasteiger partial charge in [-0.1, -0.05) is 23.7 Å². The number of halogens is 1. The molecule has 7 nitrogen and oxygen atoms in total. The molecule has 1 aliphatic rings. The lowest BCUT2D eigenvalue weighted by Crippen LogP contribution is -2.46. The zero-order valence-electron chi connectivity index (χ0n) is 13.6. The minimum absolute atomic E-state index is 0.00650. The van der Waals surface area contributed by atoms with Gasteiger partial charge in [0, 0.05) is 10.7 Å². The van der Waals surface area contributed by atoms with Gasteiger partial charge in [-0.3, -0.25) is 20.1 Å². The van der Waals surface area contributed by atoms with E-state index in [1.807, 2.05) is 48.7 Å². The van der Waals surface area contributed by atoms with Crippen molar-refractivity contribution in [1.29, 1.82) is 0 Å². The minimum Gasteiger partial charge on any atom is -0.280 e. The Morgan fingerprint density at radius 2 is 1.96 bits per heavy atom. The van der Waals surface area contributed by atoms with E-state index in [0.29, 0.717) is 5.02 Å². The van der Waals surface area contributed by atoms with Gasteiger partial charge in [0.25, 0.3) is 0 Å². The molecule has 0 radical (unpaired) electrons. The van der Waals surface area contributed by atoms with Gasteiger partial charge in [0.05, 0.1) is 18.2 Å². The third-order valence-corrected chi connectivity index (χ3v) is 4.45. The van der Waals surface area contributed by atoms with Crippen LogP contribution in [-0.4, -0.2) is 16.9 Å². The molecular formula is C17H18ClN5O2. The predicted molar refractivity (Wildman–Crippen MR) is 95.9 cm³/mol. The second-order valence-electron chi connectivity index (χ2n) is 5.84. The molecule has 8 heteroatoms. The monoisotopic (exact) mass is 359 g/mol. The number of hydrogen-bond acceptors (Lipinski definition) is 4. The fourth-order valence-electron chi connectivity index (χ4n) is 2.89. The Morgan fingerprint density at radius 1 is 1.28 bits per heavy atom. The lowest BCUT2D eigenvalue weighted by Gasteiger charge is -2.19. The molecule has 0 aliphatic carbocycles. The summed E-state index contributed by atoms with van der Waals surface area (Å²) in [4.78, 5) is 25.7. The average Bonchev–Trinajstić information content (AvgIpc) is 2.86. The van der Waals surface area contributed by atoms with Crippen molar-refractivity contribution in [2.24, 2.45) is 11.7 Å². The van der Waals surface area contributed by atoms with Crippen LogP contribution in [0.15, 0.2) is 42.5 Å². The first-order chi connectivity index (χ1) is 11.9. The quantitative estimate of drug-likeness (QED) is 0.444. The van der Waals surface area contributed by atoms with Crippen molar-refractivity contribution in [2.45, 2.75) is 19.4 Å². The number of fused-ring (bicyclic) bond motifs is 1. The average molecular weight is 360 g/mol. The molecule has 3 amide bonds. The highest BCUT2D eigenvalue weighted by Crippen LogP contribution is 2.42. The van der Waals surface area contributed by atoms with E-state index in [4.69, 9.17) is 23.3 Å². The molecule has 2 aromatic rings. The summed E-state index contributed by atoms with van der Waals surface area (Å²) in [5.74, 6) is 10.4. The van der Waals surface area contributed by atoms with Crippen LogP contribution in [0.25, 0.3) is 0 Å². The van der Waals surface area contributed by atoms with Crippen molar-refractivity contribution < 1.29 is 9.59 Å². The van der Waals surface area contributed by atoms with Gasteiger partial charge in [-0.15, -0.1) is 0 Å². The molecule has 25 heavy (non-hydrogen) atoms. The summed E-state index contributed by atoms with van der Waals surface area (Å²) in [7, 11) is 0. The van der Waals surface area contributed by atoms with Gasteiger partial charge in [0.15, 0.2) is 0 Å². The Morgan fingerprint density at radius 3 is 2.60 bits per heavy atom. The fraction of sp³-hybridized carbons (Fsp3) is 0.176. The SMILES string of the molecule is CC1C(=O)N(c2ccc(CN(N)C(=O)NN)cc2)c2ccc(Cl)cc21. The molecule has 1 unspecified atom stereocenters. The standard InChI is InChI=1S/C17H18ClN5O2/c1-10-14-8-12(18)4-7-15(14)23(16(10)24)13-5-2-11(3-6-13)9-22(20)17(25)21-19/h2-8,10H,9,19-20H2,1H3,(H,21,25). The van der Waals surface area contributed by atoms with Crippen molar-refractivity contribution in [1.82, 2.24) is 10.4 Å². The van der Waals surface area contributed by atoms with Crippen LogP contribution in [0.5, 0.6) is 0 Å². The third kappa shape index (κ3) is 3.17. The summed E-state index contributed by atoms with van der Waals surface area (Å²) < 4.78 is 0. The van der Waals surface area contributed by atoms with Crippen molar-refractivity contribution >= 4 is 34.9 Å². The summed E-state index contributed by atoms with van der Waals surface area (Å²) in [5.41, 5.74) is 5.26. The van der Waals surface area contributed by atoms with Crippen LogP contribution in [0.1, 0.15) is 24.0 Å². The zero-order chi connectivity index (χ0) is 18.1. The van der Waals surface area contributed by atoms with Gasteiger partial charge >= 0.3 is 6.03 Å². The summed E-state index contributed by atoms with van der Waals surface area (Å²) in [6, 6.07) is 12.1. The number of carbonyl (C=O) groups excluding carboxylic acids is 2. The van der Waals surface area contributed by atoms with E-state index in [2.05, 4.69) is 0 Å². The molecule has 5 N–H and O–H groups in total. The van der Waals surface area contributed by atoms with E-state index in [0.717, 1.165) is 27.5 Å². The molecular weight excluding hydrogens is 342 g/mol. The number of amides is 3. The smallest absolute Gasteiger partial charge is 0.280 e. The lowest BCUT2D eigenvalue weighted by molar-refractivity contribution is -0.118. The number of hydrazine groups is 2. The molecule has 0 bridgehead atoms. The van der Waals surface area contributed by atoms with E-state index < -0.39 is 6.03 Å². The fourth-order valence-corrected chi connectivity index (χ4v) is 3.07. The van der Waals surface area contributed by atoms with Crippen molar-refractivity contribution in [3.8, 4) is 0 Å². The molecule has 1 aliphatic heterocycles. The van der Waals surface area contributed by atoms with Crippen LogP contribution in [0.2, 0.25) is 5.02 Å². The third-order valence-electron chi connectivity index (χ3n) is 4.22. The molecule has 0 fully saturated rings.